The van der Waals surface area contributed by atoms with Gasteiger partial charge in [0.15, 0.2) is 0 Å². The predicted molar refractivity (Wildman–Crippen MR) is 66.2 cm³/mol. The third-order valence-corrected chi connectivity index (χ3v) is 3.53. The average molecular weight is 239 g/mol. The molecule has 1 aliphatic rings. The Balaban J connectivity index is 2.27. The van der Waals surface area contributed by atoms with Crippen LogP contribution in [0.2, 0.25) is 0 Å². The lowest BCUT2D eigenvalue weighted by molar-refractivity contribution is 0.482. The molecule has 0 aliphatic carbocycles. The number of likely N-dealkylation sites (N-methyl/N-ethyl adjacent to an activating group) is 1. The molecule has 0 saturated carbocycles. The molecule has 0 unspecified atom stereocenters. The minimum Gasteiger partial charge on any atom is -0.374 e. The van der Waals surface area contributed by atoms with Crippen molar-refractivity contribution < 1.29 is 4.39 Å². The van der Waals surface area contributed by atoms with Gasteiger partial charge in [0.1, 0.15) is 15.8 Å². The van der Waals surface area contributed by atoms with Gasteiger partial charge in [-0.15, -0.1) is 0 Å². The van der Waals surface area contributed by atoms with Crippen LogP contribution in [0.3, 0.4) is 0 Å². The van der Waals surface area contributed by atoms with Crippen molar-refractivity contribution in [3.05, 3.63) is 29.3 Å². The van der Waals surface area contributed by atoms with Crippen molar-refractivity contribution in [1.29, 1.82) is 0 Å². The molecular weight excluding hydrogens is 225 g/mol. The summed E-state index contributed by atoms with van der Waals surface area (Å²) in [5.74, 6) is -0.217. The molecule has 0 bridgehead atoms. The summed E-state index contributed by atoms with van der Waals surface area (Å²) in [6.45, 7) is 0.702. The van der Waals surface area contributed by atoms with Crippen molar-refractivity contribution in [3.63, 3.8) is 0 Å². The molecule has 0 amide bonds. The zero-order valence-electron chi connectivity index (χ0n) is 9.57. The number of thiazole rings is 1. The molecule has 2 rings (SSSR count). The topological polar surface area (TPSA) is 19.4 Å². The van der Waals surface area contributed by atoms with Crippen molar-refractivity contribution in [2.75, 3.05) is 32.6 Å². The molecule has 0 fully saturated rings. The number of rotatable bonds is 2. The van der Waals surface area contributed by atoms with E-state index in [0.29, 0.717) is 6.54 Å². The molecule has 0 saturated heterocycles. The number of nitrogens with zero attached hydrogens (tertiary/aromatic N) is 3. The van der Waals surface area contributed by atoms with E-state index >= 15 is 0 Å². The van der Waals surface area contributed by atoms with Gasteiger partial charge >= 0.3 is 0 Å². The standard InChI is InChI=1S/C11H14FN3S/c1-14(2)10-5-13-11(16-10)8-4-9(12)7-15(3)6-8/h4-5,7H,6H2,1-3H3. The van der Waals surface area contributed by atoms with Crippen LogP contribution in [0.4, 0.5) is 9.39 Å². The number of hydrogen-bond donors (Lipinski definition) is 0. The summed E-state index contributed by atoms with van der Waals surface area (Å²) in [6.07, 6.45) is 4.86. The molecule has 1 aromatic rings. The highest BCUT2D eigenvalue weighted by atomic mass is 32.1. The number of aromatic nitrogens is 1. The highest BCUT2D eigenvalue weighted by Crippen LogP contribution is 2.29. The van der Waals surface area contributed by atoms with Crippen LogP contribution in [0.15, 0.2) is 24.3 Å². The van der Waals surface area contributed by atoms with Crippen LogP contribution in [0.1, 0.15) is 5.01 Å². The quantitative estimate of drug-likeness (QED) is 0.789. The molecule has 3 nitrogen and oxygen atoms in total. The van der Waals surface area contributed by atoms with Gasteiger partial charge in [-0.25, -0.2) is 9.37 Å². The third kappa shape index (κ3) is 2.24. The van der Waals surface area contributed by atoms with E-state index in [1.165, 1.54) is 6.20 Å². The Morgan fingerprint density at radius 2 is 2.25 bits per heavy atom. The Kier molecular flexibility index (Phi) is 2.96. The highest BCUT2D eigenvalue weighted by Gasteiger charge is 2.14. The first-order valence-corrected chi connectivity index (χ1v) is 5.79. The highest BCUT2D eigenvalue weighted by molar-refractivity contribution is 7.16. The van der Waals surface area contributed by atoms with Gasteiger partial charge in [-0.1, -0.05) is 11.3 Å². The lowest BCUT2D eigenvalue weighted by Crippen LogP contribution is -2.17. The van der Waals surface area contributed by atoms with Crippen molar-refractivity contribution in [1.82, 2.24) is 9.88 Å². The minimum atomic E-state index is -0.217. The molecule has 0 atom stereocenters. The third-order valence-electron chi connectivity index (χ3n) is 2.28. The van der Waals surface area contributed by atoms with Crippen molar-refractivity contribution >= 4 is 21.9 Å². The number of allylic oxidation sites excluding steroid dienone is 2. The van der Waals surface area contributed by atoms with Crippen molar-refractivity contribution in [2.24, 2.45) is 0 Å². The van der Waals surface area contributed by atoms with Gasteiger partial charge < -0.3 is 9.80 Å². The van der Waals surface area contributed by atoms with Gasteiger partial charge in [-0.05, 0) is 6.08 Å². The van der Waals surface area contributed by atoms with Gasteiger partial charge in [-0.2, -0.15) is 0 Å². The van der Waals surface area contributed by atoms with Gasteiger partial charge in [0.05, 0.1) is 6.20 Å². The molecule has 0 spiro atoms. The van der Waals surface area contributed by atoms with E-state index < -0.39 is 0 Å². The summed E-state index contributed by atoms with van der Waals surface area (Å²) >= 11 is 1.58. The fourth-order valence-corrected chi connectivity index (χ4v) is 2.37. The molecule has 0 radical (unpaired) electrons. The van der Waals surface area contributed by atoms with Crippen molar-refractivity contribution in [3.8, 4) is 0 Å². The van der Waals surface area contributed by atoms with E-state index in [4.69, 9.17) is 0 Å². The first-order valence-electron chi connectivity index (χ1n) is 4.98. The monoisotopic (exact) mass is 239 g/mol. The summed E-state index contributed by atoms with van der Waals surface area (Å²) in [7, 11) is 5.80. The summed E-state index contributed by atoms with van der Waals surface area (Å²) in [5, 5.41) is 1.97. The van der Waals surface area contributed by atoms with Crippen molar-refractivity contribution in [2.45, 2.75) is 0 Å². The minimum absolute atomic E-state index is 0.217. The Morgan fingerprint density at radius 1 is 1.50 bits per heavy atom. The van der Waals surface area contributed by atoms with Gasteiger partial charge in [0.2, 0.25) is 0 Å². The van der Waals surface area contributed by atoms with Crippen LogP contribution in [0.25, 0.3) is 5.57 Å². The second-order valence-corrected chi connectivity index (χ2v) is 5.01. The lowest BCUT2D eigenvalue weighted by atomic mass is 10.2. The Morgan fingerprint density at radius 3 is 2.81 bits per heavy atom. The van der Waals surface area contributed by atoms with Crippen LogP contribution >= 0.6 is 11.3 Å². The maximum absolute atomic E-state index is 13.2. The first kappa shape index (κ1) is 11.1. The largest absolute Gasteiger partial charge is 0.374 e. The van der Waals surface area contributed by atoms with Crippen LogP contribution in [-0.2, 0) is 0 Å². The first-order chi connectivity index (χ1) is 7.56. The number of halogens is 1. The number of anilines is 1. The van der Waals surface area contributed by atoms with Gasteiger partial charge in [0, 0.05) is 39.5 Å². The van der Waals surface area contributed by atoms with E-state index in [1.54, 1.807) is 17.4 Å². The van der Waals surface area contributed by atoms with Gasteiger partial charge in [0.25, 0.3) is 0 Å². The summed E-state index contributed by atoms with van der Waals surface area (Å²) < 4.78 is 13.2. The summed E-state index contributed by atoms with van der Waals surface area (Å²) in [4.78, 5) is 8.14. The Bertz CT molecular complexity index is 448. The normalized spacial score (nSPS) is 15.9. The molecule has 0 aromatic carbocycles. The van der Waals surface area contributed by atoms with E-state index in [1.807, 2.05) is 37.1 Å². The van der Waals surface area contributed by atoms with Gasteiger partial charge in [-0.3, -0.25) is 0 Å². The van der Waals surface area contributed by atoms with Crippen LogP contribution in [-0.4, -0.2) is 37.6 Å². The molecule has 16 heavy (non-hydrogen) atoms. The second-order valence-electron chi connectivity index (χ2n) is 4.00. The van der Waals surface area contributed by atoms with Crippen LogP contribution in [0, 0.1) is 0 Å². The second kappa shape index (κ2) is 4.25. The van der Waals surface area contributed by atoms with E-state index in [9.17, 15) is 4.39 Å². The van der Waals surface area contributed by atoms with Crippen LogP contribution in [0.5, 0.6) is 0 Å². The SMILES string of the molecule is CN1C=C(F)C=C(c2ncc(N(C)C)s2)C1. The van der Waals surface area contributed by atoms with E-state index in [2.05, 4.69) is 4.98 Å². The predicted octanol–water partition coefficient (Wildman–Crippen LogP) is 2.35. The van der Waals surface area contributed by atoms with E-state index in [-0.39, 0.29) is 5.83 Å². The number of hydrogen-bond acceptors (Lipinski definition) is 4. The fourth-order valence-electron chi connectivity index (χ4n) is 1.52. The summed E-state index contributed by atoms with van der Waals surface area (Å²) in [6, 6.07) is 0. The van der Waals surface area contributed by atoms with Crippen LogP contribution < -0.4 is 4.90 Å². The summed E-state index contributed by atoms with van der Waals surface area (Å²) in [5.41, 5.74) is 0.931. The molecule has 5 heteroatoms. The Hall–Kier alpha value is -1.36. The molecule has 0 N–H and O–H groups in total. The molecule has 1 aromatic heterocycles. The molecule has 1 aliphatic heterocycles. The zero-order valence-corrected chi connectivity index (χ0v) is 10.4. The fraction of sp³-hybridized carbons (Fsp3) is 0.364. The average Bonchev–Trinajstić information content (AvgIpc) is 2.64. The molecular formula is C11H14FN3S. The maximum Gasteiger partial charge on any atom is 0.139 e. The molecule has 86 valence electrons. The maximum atomic E-state index is 13.2. The lowest BCUT2D eigenvalue weighted by Gasteiger charge is -2.19. The zero-order chi connectivity index (χ0) is 11.7. The van der Waals surface area contributed by atoms with E-state index in [0.717, 1.165) is 15.6 Å². The smallest absolute Gasteiger partial charge is 0.139 e. The Labute approximate surface area is 98.5 Å². The molecule has 2 heterocycles.